The molecule has 0 bridgehead atoms. The Morgan fingerprint density at radius 3 is 2.46 bits per heavy atom. The van der Waals surface area contributed by atoms with Crippen molar-refractivity contribution in [1.82, 2.24) is 15.1 Å². The number of aryl methyl sites for hydroxylation is 1. The van der Waals surface area contributed by atoms with E-state index < -0.39 is 36.8 Å². The number of anilines is 1. The number of carbonyl (C=O) groups is 3. The molecule has 10 heteroatoms. The molecule has 3 rings (SSSR count). The minimum absolute atomic E-state index is 0.339. The molecule has 0 unspecified atom stereocenters. The van der Waals surface area contributed by atoms with Crippen LogP contribution >= 0.6 is 0 Å². The van der Waals surface area contributed by atoms with Gasteiger partial charge in [0, 0.05) is 11.6 Å². The van der Waals surface area contributed by atoms with E-state index in [2.05, 4.69) is 22.7 Å². The zero-order valence-electron chi connectivity index (χ0n) is 19.5. The summed E-state index contributed by atoms with van der Waals surface area (Å²) in [6.45, 7) is 3.47. The number of halogens is 1. The fraction of sp³-hybridized carbons (Fsp3) is 0.280. The largest absolute Gasteiger partial charge is 0.494 e. The first-order valence-corrected chi connectivity index (χ1v) is 11.1. The Labute approximate surface area is 202 Å². The quantitative estimate of drug-likeness (QED) is 0.320. The maximum absolute atomic E-state index is 13.2. The van der Waals surface area contributed by atoms with Crippen LogP contribution in [0.15, 0.2) is 54.6 Å². The number of unbranched alkanes of at least 4 members (excludes halogenated alkanes) is 1. The molecule has 9 nitrogen and oxygen atoms in total. The van der Waals surface area contributed by atoms with Gasteiger partial charge in [-0.25, -0.2) is 9.07 Å². The summed E-state index contributed by atoms with van der Waals surface area (Å²) < 4.78 is 25.1. The molecule has 1 aromatic heterocycles. The number of rotatable bonds is 11. The number of nitrogens with one attached hydrogen (secondary N) is 2. The van der Waals surface area contributed by atoms with Crippen molar-refractivity contribution in [2.75, 3.05) is 25.1 Å². The van der Waals surface area contributed by atoms with E-state index >= 15 is 0 Å². The average molecular weight is 483 g/mol. The Morgan fingerprint density at radius 1 is 1.06 bits per heavy atom. The molecule has 3 aromatic rings. The highest BCUT2D eigenvalue weighted by molar-refractivity contribution is 5.96. The zero-order chi connectivity index (χ0) is 25.2. The second kappa shape index (κ2) is 12.3. The predicted molar refractivity (Wildman–Crippen MR) is 127 cm³/mol. The monoisotopic (exact) mass is 482 g/mol. The SMILES string of the molecule is CCCCOc1ccc(C(=O)NCC(=O)OCC(=O)Nc2cc(C)nn2-c2ccc(F)cc2)cc1. The Bertz CT molecular complexity index is 1160. The summed E-state index contributed by atoms with van der Waals surface area (Å²) in [5, 5.41) is 9.33. The number of carbonyl (C=O) groups excluding carboxylic acids is 3. The number of nitrogens with zero attached hydrogens (tertiary/aromatic N) is 2. The summed E-state index contributed by atoms with van der Waals surface area (Å²) in [7, 11) is 0. The molecule has 0 aliphatic rings. The molecule has 0 aliphatic carbocycles. The van der Waals surface area contributed by atoms with Crippen LogP contribution in [0.25, 0.3) is 5.69 Å². The smallest absolute Gasteiger partial charge is 0.325 e. The molecule has 35 heavy (non-hydrogen) atoms. The van der Waals surface area contributed by atoms with Gasteiger partial charge >= 0.3 is 5.97 Å². The van der Waals surface area contributed by atoms with Crippen LogP contribution in [-0.2, 0) is 14.3 Å². The van der Waals surface area contributed by atoms with Crippen molar-refractivity contribution in [3.8, 4) is 11.4 Å². The number of ether oxygens (including phenoxy) is 2. The molecular weight excluding hydrogens is 455 g/mol. The number of hydrogen-bond donors (Lipinski definition) is 2. The van der Waals surface area contributed by atoms with E-state index in [1.54, 1.807) is 37.3 Å². The van der Waals surface area contributed by atoms with E-state index in [9.17, 15) is 18.8 Å². The van der Waals surface area contributed by atoms with Gasteiger partial charge in [0.15, 0.2) is 6.61 Å². The number of benzene rings is 2. The summed E-state index contributed by atoms with van der Waals surface area (Å²) in [6.07, 6.45) is 1.97. The van der Waals surface area contributed by atoms with Crippen molar-refractivity contribution in [3.63, 3.8) is 0 Å². The minimum atomic E-state index is -0.767. The topological polar surface area (TPSA) is 112 Å². The number of aromatic nitrogens is 2. The molecule has 0 fully saturated rings. The first-order chi connectivity index (χ1) is 16.9. The van der Waals surface area contributed by atoms with Crippen molar-refractivity contribution in [2.24, 2.45) is 0 Å². The third-order valence-corrected chi connectivity index (χ3v) is 4.81. The number of hydrogen-bond acceptors (Lipinski definition) is 6. The lowest BCUT2D eigenvalue weighted by atomic mass is 10.2. The number of amides is 2. The molecule has 2 N–H and O–H groups in total. The molecule has 0 spiro atoms. The zero-order valence-corrected chi connectivity index (χ0v) is 19.5. The molecule has 2 aromatic carbocycles. The Morgan fingerprint density at radius 2 is 1.77 bits per heavy atom. The van der Waals surface area contributed by atoms with E-state index in [1.807, 2.05) is 0 Å². The molecule has 0 aliphatic heterocycles. The molecular formula is C25H27FN4O5. The predicted octanol–water partition coefficient (Wildman–Crippen LogP) is 3.41. The standard InChI is InChI=1S/C25H27FN4O5/c1-3-4-13-34-21-11-5-18(6-12-21)25(33)27-15-24(32)35-16-23(31)28-22-14-17(2)29-30(22)20-9-7-19(26)8-10-20/h5-12,14H,3-4,13,15-16H2,1-2H3,(H,27,33)(H,28,31). The van der Waals surface area contributed by atoms with Crippen LogP contribution in [0.3, 0.4) is 0 Å². The first kappa shape index (κ1) is 25.4. The van der Waals surface area contributed by atoms with Gasteiger partial charge in [-0.05, 0) is 61.9 Å². The van der Waals surface area contributed by atoms with Crippen LogP contribution in [-0.4, -0.2) is 47.3 Å². The summed E-state index contributed by atoms with van der Waals surface area (Å²) in [5.74, 6) is -1.20. The molecule has 1 heterocycles. The van der Waals surface area contributed by atoms with Gasteiger partial charge in [0.25, 0.3) is 11.8 Å². The van der Waals surface area contributed by atoms with Gasteiger partial charge < -0.3 is 20.1 Å². The number of esters is 1. The average Bonchev–Trinajstić information content (AvgIpc) is 3.22. The maximum atomic E-state index is 13.2. The fourth-order valence-corrected chi connectivity index (χ4v) is 3.04. The van der Waals surface area contributed by atoms with Crippen LogP contribution < -0.4 is 15.4 Å². The summed E-state index contributed by atoms with van der Waals surface area (Å²) in [6, 6.07) is 13.8. The molecule has 184 valence electrons. The third-order valence-electron chi connectivity index (χ3n) is 4.81. The van der Waals surface area contributed by atoms with Gasteiger partial charge in [0.2, 0.25) is 0 Å². The molecule has 0 radical (unpaired) electrons. The van der Waals surface area contributed by atoms with E-state index in [0.29, 0.717) is 35.1 Å². The molecule has 0 atom stereocenters. The molecule has 0 saturated heterocycles. The van der Waals surface area contributed by atoms with Crippen LogP contribution in [0.1, 0.15) is 35.8 Å². The van der Waals surface area contributed by atoms with Crippen molar-refractivity contribution in [3.05, 3.63) is 71.7 Å². The summed E-state index contributed by atoms with van der Waals surface area (Å²) >= 11 is 0. The lowest BCUT2D eigenvalue weighted by molar-refractivity contribution is -0.146. The van der Waals surface area contributed by atoms with Gasteiger partial charge in [-0.2, -0.15) is 5.10 Å². The van der Waals surface area contributed by atoms with Gasteiger partial charge in [0.05, 0.1) is 18.0 Å². The van der Waals surface area contributed by atoms with Crippen LogP contribution in [0.4, 0.5) is 10.2 Å². The van der Waals surface area contributed by atoms with Gasteiger partial charge in [-0.1, -0.05) is 13.3 Å². The summed E-state index contributed by atoms with van der Waals surface area (Å²) in [4.78, 5) is 36.5. The first-order valence-electron chi connectivity index (χ1n) is 11.1. The summed E-state index contributed by atoms with van der Waals surface area (Å²) in [5.41, 5.74) is 1.54. The Hall–Kier alpha value is -4.21. The van der Waals surface area contributed by atoms with Gasteiger partial charge in [-0.3, -0.25) is 14.4 Å². The third kappa shape index (κ3) is 7.66. The minimum Gasteiger partial charge on any atom is -0.494 e. The van der Waals surface area contributed by atoms with E-state index in [0.717, 1.165) is 12.8 Å². The highest BCUT2D eigenvalue weighted by atomic mass is 19.1. The molecule has 2 amide bonds. The Balaban J connectivity index is 1.44. The van der Waals surface area contributed by atoms with Gasteiger partial charge in [0.1, 0.15) is 23.9 Å². The lowest BCUT2D eigenvalue weighted by Gasteiger charge is -2.10. The van der Waals surface area contributed by atoms with Crippen molar-refractivity contribution < 1.29 is 28.2 Å². The van der Waals surface area contributed by atoms with Crippen molar-refractivity contribution >= 4 is 23.6 Å². The van der Waals surface area contributed by atoms with Crippen LogP contribution in [0, 0.1) is 12.7 Å². The highest BCUT2D eigenvalue weighted by Gasteiger charge is 2.14. The second-order valence-corrected chi connectivity index (χ2v) is 7.68. The maximum Gasteiger partial charge on any atom is 0.325 e. The fourth-order valence-electron chi connectivity index (χ4n) is 3.04. The van der Waals surface area contributed by atoms with Crippen LogP contribution in [0.2, 0.25) is 0 Å². The van der Waals surface area contributed by atoms with Crippen molar-refractivity contribution in [2.45, 2.75) is 26.7 Å². The van der Waals surface area contributed by atoms with Crippen LogP contribution in [0.5, 0.6) is 5.75 Å². The van der Waals surface area contributed by atoms with E-state index in [-0.39, 0.29) is 0 Å². The van der Waals surface area contributed by atoms with E-state index in [4.69, 9.17) is 9.47 Å². The Kier molecular flexibility index (Phi) is 8.94. The lowest BCUT2D eigenvalue weighted by Crippen LogP contribution is -2.32. The highest BCUT2D eigenvalue weighted by Crippen LogP contribution is 2.17. The second-order valence-electron chi connectivity index (χ2n) is 7.68. The van der Waals surface area contributed by atoms with E-state index in [1.165, 1.54) is 28.9 Å². The molecule has 0 saturated carbocycles. The van der Waals surface area contributed by atoms with Crippen molar-refractivity contribution in [1.29, 1.82) is 0 Å². The van der Waals surface area contributed by atoms with Gasteiger partial charge in [-0.15, -0.1) is 0 Å². The normalized spacial score (nSPS) is 10.5.